The third kappa shape index (κ3) is 15.9. The van der Waals surface area contributed by atoms with Gasteiger partial charge in [-0.05, 0) is 30.8 Å². The summed E-state index contributed by atoms with van der Waals surface area (Å²) in [5.41, 5.74) is -0.382. The minimum Gasteiger partial charge on any atom is -0.464 e. The van der Waals surface area contributed by atoms with E-state index in [1.807, 2.05) is 6.92 Å². The molecule has 0 spiro atoms. The number of rotatable bonds is 19. The summed E-state index contributed by atoms with van der Waals surface area (Å²) >= 11 is 9.69. The maximum atomic E-state index is 12.1. The minimum atomic E-state index is -0.382. The van der Waals surface area contributed by atoms with Crippen LogP contribution in [-0.4, -0.2) is 74.6 Å². The Balaban J connectivity index is 4.35. The molecule has 0 fully saturated rings. The Labute approximate surface area is 190 Å². The van der Waals surface area contributed by atoms with Gasteiger partial charge >= 0.3 is 11.9 Å². The SMILES string of the molecule is C#CCOC(=O)CCSCC(=O)OCC(CC)(COCCCS)COCCCS. The van der Waals surface area contributed by atoms with Gasteiger partial charge in [0.05, 0.1) is 30.8 Å². The molecule has 0 amide bonds. The van der Waals surface area contributed by atoms with E-state index in [1.165, 1.54) is 11.8 Å². The molecule has 0 saturated heterocycles. The first-order valence-electron chi connectivity index (χ1n) is 9.73. The number of carbonyl (C=O) groups excluding carboxylic acids is 2. The van der Waals surface area contributed by atoms with Gasteiger partial charge in [-0.2, -0.15) is 25.3 Å². The van der Waals surface area contributed by atoms with Crippen molar-refractivity contribution >= 4 is 49.0 Å². The van der Waals surface area contributed by atoms with Crippen LogP contribution in [0.15, 0.2) is 0 Å². The first-order valence-corrected chi connectivity index (χ1v) is 12.1. The third-order valence-electron chi connectivity index (χ3n) is 3.99. The smallest absolute Gasteiger partial charge is 0.315 e. The van der Waals surface area contributed by atoms with Crippen molar-refractivity contribution in [1.82, 2.24) is 0 Å². The molecule has 0 N–H and O–H groups in total. The van der Waals surface area contributed by atoms with Gasteiger partial charge in [-0.1, -0.05) is 12.8 Å². The maximum Gasteiger partial charge on any atom is 0.315 e. The van der Waals surface area contributed by atoms with Crippen LogP contribution in [0.5, 0.6) is 0 Å². The molecule has 0 heterocycles. The van der Waals surface area contributed by atoms with Crippen molar-refractivity contribution in [2.75, 3.05) is 62.7 Å². The maximum absolute atomic E-state index is 12.1. The zero-order chi connectivity index (χ0) is 21.8. The van der Waals surface area contributed by atoms with Crippen molar-refractivity contribution in [2.24, 2.45) is 5.41 Å². The van der Waals surface area contributed by atoms with Crippen LogP contribution in [0.3, 0.4) is 0 Å². The molecule has 0 aliphatic rings. The van der Waals surface area contributed by atoms with Crippen LogP contribution in [0, 0.1) is 17.8 Å². The molecule has 0 aromatic carbocycles. The highest BCUT2D eigenvalue weighted by molar-refractivity contribution is 7.99. The van der Waals surface area contributed by atoms with E-state index in [-0.39, 0.29) is 42.7 Å². The molecular weight excluding hydrogens is 432 g/mol. The number of carbonyl (C=O) groups is 2. The molecule has 168 valence electrons. The van der Waals surface area contributed by atoms with Crippen molar-refractivity contribution in [3.8, 4) is 12.3 Å². The predicted octanol–water partition coefficient (Wildman–Crippen LogP) is 2.90. The molecule has 0 saturated carbocycles. The van der Waals surface area contributed by atoms with E-state index in [4.69, 9.17) is 25.4 Å². The minimum absolute atomic E-state index is 0.0310. The lowest BCUT2D eigenvalue weighted by molar-refractivity contribution is -0.148. The van der Waals surface area contributed by atoms with Gasteiger partial charge in [0.1, 0.15) is 6.61 Å². The number of hydrogen-bond acceptors (Lipinski definition) is 9. The standard InChI is InChI=1S/C20H34O6S3/c1-3-8-25-18(21)7-13-29-14-19(22)26-17-20(4-2,15-23-9-5-11-27)16-24-10-6-12-28/h1,27-28H,4-17H2,2H3. The summed E-state index contributed by atoms with van der Waals surface area (Å²) in [6.45, 7) is 4.38. The number of thioether (sulfide) groups is 1. The molecule has 0 aliphatic heterocycles. The van der Waals surface area contributed by atoms with Crippen LogP contribution in [0.25, 0.3) is 0 Å². The van der Waals surface area contributed by atoms with Crippen molar-refractivity contribution in [2.45, 2.75) is 32.6 Å². The summed E-state index contributed by atoms with van der Waals surface area (Å²) in [6, 6.07) is 0. The molecule has 0 rings (SSSR count). The van der Waals surface area contributed by atoms with Crippen molar-refractivity contribution < 1.29 is 28.5 Å². The Morgan fingerprint density at radius 1 is 1.00 bits per heavy atom. The van der Waals surface area contributed by atoms with Gasteiger partial charge in [0.25, 0.3) is 0 Å². The molecule has 0 bridgehead atoms. The van der Waals surface area contributed by atoms with E-state index in [2.05, 4.69) is 31.2 Å². The third-order valence-corrected chi connectivity index (χ3v) is 5.55. The number of esters is 2. The Morgan fingerprint density at radius 3 is 2.14 bits per heavy atom. The summed E-state index contributed by atoms with van der Waals surface area (Å²) < 4.78 is 21.8. The second kappa shape index (κ2) is 19.4. The topological polar surface area (TPSA) is 71.1 Å². The Morgan fingerprint density at radius 2 is 1.62 bits per heavy atom. The van der Waals surface area contributed by atoms with E-state index in [0.29, 0.717) is 32.2 Å². The van der Waals surface area contributed by atoms with Gasteiger partial charge in [-0.25, -0.2) is 0 Å². The molecule has 0 radical (unpaired) electrons. The first-order chi connectivity index (χ1) is 14.0. The first kappa shape index (κ1) is 28.5. The lowest BCUT2D eigenvalue weighted by atomic mass is 9.88. The monoisotopic (exact) mass is 466 g/mol. The van der Waals surface area contributed by atoms with Crippen molar-refractivity contribution in [1.29, 1.82) is 0 Å². The molecular formula is C20H34O6S3. The molecule has 6 nitrogen and oxygen atoms in total. The highest BCUT2D eigenvalue weighted by Crippen LogP contribution is 2.24. The zero-order valence-electron chi connectivity index (χ0n) is 17.2. The summed E-state index contributed by atoms with van der Waals surface area (Å²) in [4.78, 5) is 23.4. The molecule has 0 unspecified atom stereocenters. The lowest BCUT2D eigenvalue weighted by Crippen LogP contribution is -2.38. The Bertz CT molecular complexity index is 469. The Hall–Kier alpha value is -0.530. The van der Waals surface area contributed by atoms with E-state index >= 15 is 0 Å². The van der Waals surface area contributed by atoms with Crippen molar-refractivity contribution in [3.63, 3.8) is 0 Å². The summed E-state index contributed by atoms with van der Waals surface area (Å²) in [5.74, 6) is 3.71. The zero-order valence-corrected chi connectivity index (χ0v) is 19.8. The fourth-order valence-corrected chi connectivity index (χ4v) is 3.09. The predicted molar refractivity (Wildman–Crippen MR) is 124 cm³/mol. The molecule has 0 atom stereocenters. The number of terminal acetylenes is 1. The van der Waals surface area contributed by atoms with Gasteiger partial charge in [0.2, 0.25) is 0 Å². The fourth-order valence-electron chi connectivity index (χ4n) is 2.12. The largest absolute Gasteiger partial charge is 0.464 e. The average Bonchev–Trinajstić information content (AvgIpc) is 2.73. The summed E-state index contributed by atoms with van der Waals surface area (Å²) in [6.07, 6.45) is 7.72. The average molecular weight is 467 g/mol. The van der Waals surface area contributed by atoms with Gasteiger partial charge in [0, 0.05) is 19.0 Å². The van der Waals surface area contributed by atoms with E-state index in [0.717, 1.165) is 30.8 Å². The highest BCUT2D eigenvalue weighted by atomic mass is 32.2. The van der Waals surface area contributed by atoms with Gasteiger partial charge in [0.15, 0.2) is 6.61 Å². The quantitative estimate of drug-likeness (QED) is 0.131. The van der Waals surface area contributed by atoms with E-state index in [9.17, 15) is 9.59 Å². The van der Waals surface area contributed by atoms with Crippen LogP contribution in [-0.2, 0) is 28.5 Å². The summed E-state index contributed by atoms with van der Waals surface area (Å²) in [5, 5.41) is 0. The lowest BCUT2D eigenvalue weighted by Gasteiger charge is -2.31. The molecule has 0 aromatic rings. The molecule has 9 heteroatoms. The normalized spacial score (nSPS) is 11.1. The van der Waals surface area contributed by atoms with Gasteiger partial charge in [-0.15, -0.1) is 18.2 Å². The highest BCUT2D eigenvalue weighted by Gasteiger charge is 2.31. The fraction of sp³-hybridized carbons (Fsp3) is 0.800. The Kier molecular flexibility index (Phi) is 19.1. The molecule has 29 heavy (non-hydrogen) atoms. The van der Waals surface area contributed by atoms with Crippen LogP contribution in [0.2, 0.25) is 0 Å². The molecule has 0 aliphatic carbocycles. The number of ether oxygens (including phenoxy) is 4. The van der Waals surface area contributed by atoms with E-state index < -0.39 is 0 Å². The van der Waals surface area contributed by atoms with Crippen LogP contribution in [0.1, 0.15) is 32.6 Å². The number of thiol groups is 2. The summed E-state index contributed by atoms with van der Waals surface area (Å²) in [7, 11) is 0. The van der Waals surface area contributed by atoms with Crippen molar-refractivity contribution in [3.05, 3.63) is 0 Å². The second-order valence-corrected chi connectivity index (χ2v) is 8.44. The second-order valence-electron chi connectivity index (χ2n) is 6.44. The molecule has 0 aromatic heterocycles. The van der Waals surface area contributed by atoms with Crippen LogP contribution >= 0.6 is 37.0 Å². The van der Waals surface area contributed by atoms with Crippen LogP contribution < -0.4 is 0 Å². The van der Waals surface area contributed by atoms with E-state index in [1.54, 1.807) is 0 Å². The number of hydrogen-bond donors (Lipinski definition) is 2. The van der Waals surface area contributed by atoms with Gasteiger partial charge in [-0.3, -0.25) is 9.59 Å². The van der Waals surface area contributed by atoms with Crippen LogP contribution in [0.4, 0.5) is 0 Å². The van der Waals surface area contributed by atoms with Gasteiger partial charge < -0.3 is 18.9 Å².